The average molecular weight is 256 g/mol. The van der Waals surface area contributed by atoms with Crippen LogP contribution in [0.1, 0.15) is 36.8 Å². The maximum atomic E-state index is 9.36. The van der Waals surface area contributed by atoms with Gasteiger partial charge in [-0.05, 0) is 31.4 Å². The zero-order valence-electron chi connectivity index (χ0n) is 11.4. The van der Waals surface area contributed by atoms with Crippen molar-refractivity contribution in [3.63, 3.8) is 0 Å². The van der Waals surface area contributed by atoms with Crippen molar-refractivity contribution in [2.75, 3.05) is 18.1 Å². The number of nitrogens with zero attached hydrogens (tertiary/aromatic N) is 2. The molecule has 0 aromatic heterocycles. The van der Waals surface area contributed by atoms with Gasteiger partial charge in [0.15, 0.2) is 0 Å². The van der Waals surface area contributed by atoms with Crippen LogP contribution in [-0.4, -0.2) is 25.3 Å². The molecule has 1 aliphatic heterocycles. The van der Waals surface area contributed by atoms with Crippen LogP contribution in [-0.2, 0) is 4.74 Å². The molecule has 3 rings (SSSR count). The summed E-state index contributed by atoms with van der Waals surface area (Å²) in [5.74, 6) is 0. The van der Waals surface area contributed by atoms with Crippen molar-refractivity contribution in [3.05, 3.63) is 29.3 Å². The second kappa shape index (κ2) is 5.22. The monoisotopic (exact) mass is 256 g/mol. The van der Waals surface area contributed by atoms with Crippen LogP contribution in [0.5, 0.6) is 0 Å². The first-order chi connectivity index (χ1) is 9.31. The van der Waals surface area contributed by atoms with Crippen molar-refractivity contribution >= 4 is 5.69 Å². The Morgan fingerprint density at radius 2 is 2.16 bits per heavy atom. The molecular formula is C16H20N2O. The summed E-state index contributed by atoms with van der Waals surface area (Å²) in [6.45, 7) is 3.78. The summed E-state index contributed by atoms with van der Waals surface area (Å²) in [5.41, 5.74) is 3.13. The second-order valence-corrected chi connectivity index (χ2v) is 5.54. The summed E-state index contributed by atoms with van der Waals surface area (Å²) in [6.07, 6.45) is 5.25. The van der Waals surface area contributed by atoms with Gasteiger partial charge in [0, 0.05) is 6.54 Å². The average Bonchev–Trinajstić information content (AvgIpc) is 2.46. The van der Waals surface area contributed by atoms with E-state index in [1.807, 2.05) is 12.1 Å². The molecule has 0 amide bonds. The summed E-state index contributed by atoms with van der Waals surface area (Å²) >= 11 is 0. The number of fused-ring (bicyclic) bond motifs is 1. The van der Waals surface area contributed by atoms with Crippen LogP contribution in [0.15, 0.2) is 18.2 Å². The highest BCUT2D eigenvalue weighted by atomic mass is 16.5. The number of hydrogen-bond donors (Lipinski definition) is 0. The highest BCUT2D eigenvalue weighted by molar-refractivity contribution is 5.65. The van der Waals surface area contributed by atoms with Crippen molar-refractivity contribution in [3.8, 4) is 6.07 Å². The lowest BCUT2D eigenvalue weighted by Gasteiger charge is -2.45. The first-order valence-electron chi connectivity index (χ1n) is 7.19. The lowest BCUT2D eigenvalue weighted by atomic mass is 9.89. The number of aryl methyl sites for hydroxylation is 1. The van der Waals surface area contributed by atoms with Crippen LogP contribution >= 0.6 is 0 Å². The minimum Gasteiger partial charge on any atom is -0.374 e. The number of rotatable bonds is 1. The summed E-state index contributed by atoms with van der Waals surface area (Å²) < 4.78 is 5.92. The zero-order valence-corrected chi connectivity index (χ0v) is 11.4. The van der Waals surface area contributed by atoms with E-state index in [0.717, 1.165) is 30.8 Å². The fraction of sp³-hybridized carbons (Fsp3) is 0.562. The molecule has 1 saturated heterocycles. The predicted molar refractivity (Wildman–Crippen MR) is 75.2 cm³/mol. The van der Waals surface area contributed by atoms with E-state index in [4.69, 9.17) is 4.74 Å². The fourth-order valence-electron chi connectivity index (χ4n) is 3.50. The molecule has 2 aliphatic rings. The molecule has 3 nitrogen and oxygen atoms in total. The number of para-hydroxylation sites is 1. The second-order valence-electron chi connectivity index (χ2n) is 5.54. The number of hydrogen-bond acceptors (Lipinski definition) is 3. The fourth-order valence-corrected chi connectivity index (χ4v) is 3.50. The molecule has 1 saturated carbocycles. The largest absolute Gasteiger partial charge is 0.374 e. The Balaban J connectivity index is 1.99. The summed E-state index contributed by atoms with van der Waals surface area (Å²) in [6, 6.07) is 8.80. The highest BCUT2D eigenvalue weighted by Crippen LogP contribution is 2.35. The molecule has 1 heterocycles. The van der Waals surface area contributed by atoms with E-state index >= 15 is 0 Å². The van der Waals surface area contributed by atoms with Gasteiger partial charge in [0.05, 0.1) is 30.0 Å². The number of morpholine rings is 1. The Bertz CT molecular complexity index is 504. The van der Waals surface area contributed by atoms with Gasteiger partial charge in [0.1, 0.15) is 6.07 Å². The van der Waals surface area contributed by atoms with Gasteiger partial charge >= 0.3 is 0 Å². The predicted octanol–water partition coefficient (Wildman–Crippen LogP) is 3.01. The molecule has 19 heavy (non-hydrogen) atoms. The lowest BCUT2D eigenvalue weighted by Crippen LogP contribution is -2.53. The highest BCUT2D eigenvalue weighted by Gasteiger charge is 2.35. The summed E-state index contributed by atoms with van der Waals surface area (Å²) in [4.78, 5) is 2.43. The maximum absolute atomic E-state index is 9.36. The third-order valence-electron chi connectivity index (χ3n) is 4.38. The van der Waals surface area contributed by atoms with Crippen LogP contribution < -0.4 is 4.90 Å². The zero-order chi connectivity index (χ0) is 13.2. The molecule has 2 fully saturated rings. The molecule has 1 aromatic rings. The number of benzene rings is 1. The van der Waals surface area contributed by atoms with Gasteiger partial charge in [-0.15, -0.1) is 0 Å². The Morgan fingerprint density at radius 3 is 3.00 bits per heavy atom. The summed E-state index contributed by atoms with van der Waals surface area (Å²) in [5, 5.41) is 9.36. The van der Waals surface area contributed by atoms with Crippen LogP contribution in [0.25, 0.3) is 0 Å². The Morgan fingerprint density at radius 1 is 1.32 bits per heavy atom. The Hall–Kier alpha value is -1.53. The molecular weight excluding hydrogens is 236 g/mol. The first-order valence-corrected chi connectivity index (χ1v) is 7.19. The number of anilines is 1. The minimum absolute atomic E-state index is 0.355. The van der Waals surface area contributed by atoms with Crippen molar-refractivity contribution in [2.24, 2.45) is 0 Å². The van der Waals surface area contributed by atoms with E-state index < -0.39 is 0 Å². The molecule has 3 heteroatoms. The first kappa shape index (κ1) is 12.5. The van der Waals surface area contributed by atoms with E-state index in [-0.39, 0.29) is 0 Å². The van der Waals surface area contributed by atoms with E-state index in [0.29, 0.717) is 12.1 Å². The molecule has 0 bridgehead atoms. The summed E-state index contributed by atoms with van der Waals surface area (Å²) in [7, 11) is 0. The van der Waals surface area contributed by atoms with E-state index in [2.05, 4.69) is 24.0 Å². The van der Waals surface area contributed by atoms with Crippen LogP contribution in [0.4, 0.5) is 5.69 Å². The minimum atomic E-state index is 0.355. The molecule has 0 spiro atoms. The Kier molecular flexibility index (Phi) is 3.44. The smallest absolute Gasteiger partial charge is 0.101 e. The quantitative estimate of drug-likeness (QED) is 0.775. The molecule has 0 N–H and O–H groups in total. The molecule has 0 radical (unpaired) electrons. The molecule has 100 valence electrons. The van der Waals surface area contributed by atoms with Crippen LogP contribution in [0.2, 0.25) is 0 Å². The number of nitriles is 1. The molecule has 1 aliphatic carbocycles. The molecule has 2 unspecified atom stereocenters. The van der Waals surface area contributed by atoms with Crippen molar-refractivity contribution < 1.29 is 4.74 Å². The number of ether oxygens (including phenoxy) is 1. The molecule has 1 aromatic carbocycles. The van der Waals surface area contributed by atoms with E-state index in [9.17, 15) is 5.26 Å². The van der Waals surface area contributed by atoms with Gasteiger partial charge in [-0.1, -0.05) is 25.0 Å². The van der Waals surface area contributed by atoms with Gasteiger partial charge in [0.25, 0.3) is 0 Å². The van der Waals surface area contributed by atoms with Crippen molar-refractivity contribution in [1.29, 1.82) is 5.26 Å². The van der Waals surface area contributed by atoms with Crippen LogP contribution in [0.3, 0.4) is 0 Å². The third kappa shape index (κ3) is 2.21. The van der Waals surface area contributed by atoms with E-state index in [1.54, 1.807) is 0 Å². The van der Waals surface area contributed by atoms with Gasteiger partial charge in [-0.25, -0.2) is 0 Å². The van der Waals surface area contributed by atoms with Crippen LogP contribution in [0, 0.1) is 18.3 Å². The SMILES string of the molecule is Cc1cccc(C#N)c1N1CCOC2CCCCC21. The van der Waals surface area contributed by atoms with Gasteiger partial charge in [0.2, 0.25) is 0 Å². The Labute approximate surface area is 114 Å². The van der Waals surface area contributed by atoms with Gasteiger partial charge in [-0.3, -0.25) is 0 Å². The van der Waals surface area contributed by atoms with Gasteiger partial charge < -0.3 is 9.64 Å². The van der Waals surface area contributed by atoms with E-state index in [1.165, 1.54) is 24.8 Å². The maximum Gasteiger partial charge on any atom is 0.101 e. The standard InChI is InChI=1S/C16H20N2O/c1-12-5-4-6-13(11-17)16(12)18-9-10-19-15-8-3-2-7-14(15)18/h4-6,14-15H,2-3,7-10H2,1H3. The third-order valence-corrected chi connectivity index (χ3v) is 4.38. The lowest BCUT2D eigenvalue weighted by molar-refractivity contribution is -0.00873. The van der Waals surface area contributed by atoms with Crippen molar-refractivity contribution in [2.45, 2.75) is 44.8 Å². The molecule has 2 atom stereocenters. The topological polar surface area (TPSA) is 36.3 Å². The normalized spacial score (nSPS) is 26.6. The van der Waals surface area contributed by atoms with Gasteiger partial charge in [-0.2, -0.15) is 5.26 Å². The van der Waals surface area contributed by atoms with Crippen molar-refractivity contribution in [1.82, 2.24) is 0 Å².